The van der Waals surface area contributed by atoms with Crippen molar-refractivity contribution in [2.75, 3.05) is 10.6 Å². The van der Waals surface area contributed by atoms with Crippen molar-refractivity contribution in [1.29, 1.82) is 0 Å². The van der Waals surface area contributed by atoms with Gasteiger partial charge < -0.3 is 33.3 Å². The lowest BCUT2D eigenvalue weighted by Crippen LogP contribution is -3.00. The maximum atomic E-state index is 12.3. The Balaban J connectivity index is 0.00000363. The molecule has 0 aliphatic heterocycles. The topological polar surface area (TPSA) is 107 Å². The molecular weight excluding hydrogens is 479 g/mol. The van der Waals surface area contributed by atoms with E-state index >= 15 is 0 Å². The van der Waals surface area contributed by atoms with E-state index in [9.17, 15) is 19.8 Å². The predicted molar refractivity (Wildman–Crippen MR) is 118 cm³/mol. The normalized spacial score (nSPS) is 10.4. The number of aryl methyl sites for hydroxylation is 2. The Labute approximate surface area is 200 Å². The molecule has 0 radical (unpaired) electrons. The summed E-state index contributed by atoms with van der Waals surface area (Å²) < 4.78 is 3.16. The number of anilines is 2. The monoisotopic (exact) mass is 498 g/mol. The van der Waals surface area contributed by atoms with E-state index in [1.807, 2.05) is 0 Å². The van der Waals surface area contributed by atoms with Crippen LogP contribution in [0.2, 0.25) is 10.0 Å². The largest absolute Gasteiger partial charge is 1.00 e. The summed E-state index contributed by atoms with van der Waals surface area (Å²) in [4.78, 5) is 24.6. The van der Waals surface area contributed by atoms with Gasteiger partial charge in [-0.1, -0.05) is 23.2 Å². The molecule has 0 saturated carbocycles. The molecule has 0 spiro atoms. The molecule has 170 valence electrons. The third-order valence-corrected chi connectivity index (χ3v) is 5.32. The van der Waals surface area contributed by atoms with Gasteiger partial charge in [0.15, 0.2) is 13.1 Å². The number of hydrogen-bond acceptors (Lipinski definition) is 4. The van der Waals surface area contributed by atoms with Crippen LogP contribution in [0.4, 0.5) is 11.4 Å². The highest BCUT2D eigenvalue weighted by Gasteiger charge is 2.15. The highest BCUT2D eigenvalue weighted by atomic mass is 35.5. The molecule has 0 aliphatic rings. The molecule has 32 heavy (non-hydrogen) atoms. The molecule has 3 rings (SSSR count). The smallest absolute Gasteiger partial charge is 0.266 e. The van der Waals surface area contributed by atoms with Gasteiger partial charge in [0, 0.05) is 10.0 Å². The van der Waals surface area contributed by atoms with Crippen LogP contribution in [-0.2, 0) is 22.7 Å². The Morgan fingerprint density at radius 3 is 1.97 bits per heavy atom. The van der Waals surface area contributed by atoms with Crippen LogP contribution >= 0.6 is 23.2 Å². The van der Waals surface area contributed by atoms with E-state index in [4.69, 9.17) is 23.2 Å². The summed E-state index contributed by atoms with van der Waals surface area (Å²) in [7, 11) is 0. The molecule has 2 amide bonds. The summed E-state index contributed by atoms with van der Waals surface area (Å²) in [5.41, 5.74) is 1.83. The third-order valence-electron chi connectivity index (χ3n) is 4.50. The van der Waals surface area contributed by atoms with Crippen LogP contribution < -0.4 is 27.6 Å². The first-order valence-electron chi connectivity index (χ1n) is 9.25. The number of rotatable bonds is 6. The van der Waals surface area contributed by atoms with Gasteiger partial charge in [-0.3, -0.25) is 9.59 Å². The molecule has 4 N–H and O–H groups in total. The van der Waals surface area contributed by atoms with E-state index in [0.29, 0.717) is 21.2 Å². The van der Waals surface area contributed by atoms with Gasteiger partial charge in [0.2, 0.25) is 6.33 Å². The van der Waals surface area contributed by atoms with Crippen molar-refractivity contribution >= 4 is 46.4 Å². The Morgan fingerprint density at radius 1 is 0.938 bits per heavy atom. The summed E-state index contributed by atoms with van der Waals surface area (Å²) in [6.45, 7) is 3.43. The van der Waals surface area contributed by atoms with E-state index in [0.717, 1.165) is 0 Å². The third kappa shape index (κ3) is 6.29. The Bertz CT molecular complexity index is 1080. The van der Waals surface area contributed by atoms with Crippen LogP contribution in [-0.4, -0.2) is 26.6 Å². The summed E-state index contributed by atoms with van der Waals surface area (Å²) >= 11 is 12.1. The van der Waals surface area contributed by atoms with Gasteiger partial charge in [0.25, 0.3) is 11.8 Å². The molecular formula is C21H21Cl3N4O4. The van der Waals surface area contributed by atoms with Crippen LogP contribution in [0.5, 0.6) is 11.5 Å². The fourth-order valence-electron chi connectivity index (χ4n) is 2.87. The average molecular weight is 500 g/mol. The van der Waals surface area contributed by atoms with E-state index in [1.54, 1.807) is 41.7 Å². The quantitative estimate of drug-likeness (QED) is 0.291. The van der Waals surface area contributed by atoms with E-state index in [1.165, 1.54) is 24.3 Å². The summed E-state index contributed by atoms with van der Waals surface area (Å²) in [6, 6.07) is 5.91. The lowest BCUT2D eigenvalue weighted by atomic mass is 10.2. The molecule has 0 aliphatic carbocycles. The van der Waals surface area contributed by atoms with Crippen molar-refractivity contribution in [3.63, 3.8) is 0 Å². The second-order valence-electron chi connectivity index (χ2n) is 7.09. The number of carbonyl (C=O) groups excluding carboxylic acids is 2. The number of benzene rings is 2. The Morgan fingerprint density at radius 2 is 1.44 bits per heavy atom. The first-order valence-corrected chi connectivity index (χ1v) is 10.0. The van der Waals surface area contributed by atoms with Gasteiger partial charge in [-0.05, 0) is 49.2 Å². The predicted octanol–water partition coefficient (Wildman–Crippen LogP) is 0.392. The molecule has 0 fully saturated rings. The van der Waals surface area contributed by atoms with Crippen LogP contribution in [0.3, 0.4) is 0 Å². The number of aromatic hydroxyl groups is 2. The van der Waals surface area contributed by atoms with Crippen molar-refractivity contribution in [2.45, 2.75) is 26.9 Å². The number of phenolic OH excluding ortho intramolecular Hbond substituents is 2. The molecule has 0 atom stereocenters. The van der Waals surface area contributed by atoms with Crippen molar-refractivity contribution in [1.82, 2.24) is 4.57 Å². The molecule has 11 heteroatoms. The zero-order valence-electron chi connectivity index (χ0n) is 17.2. The summed E-state index contributed by atoms with van der Waals surface area (Å²) in [5.74, 6) is -0.897. The van der Waals surface area contributed by atoms with Gasteiger partial charge in [-0.15, -0.1) is 0 Å². The van der Waals surface area contributed by atoms with Crippen molar-refractivity contribution in [2.24, 2.45) is 0 Å². The van der Waals surface area contributed by atoms with Crippen LogP contribution in [0, 0.1) is 13.8 Å². The minimum absolute atomic E-state index is 0. The lowest BCUT2D eigenvalue weighted by Gasteiger charge is -2.08. The van der Waals surface area contributed by atoms with Crippen molar-refractivity contribution in [3.05, 3.63) is 64.2 Å². The summed E-state index contributed by atoms with van der Waals surface area (Å²) in [6.07, 6.45) is 4.85. The number of amides is 2. The van der Waals surface area contributed by atoms with E-state index in [2.05, 4.69) is 10.6 Å². The van der Waals surface area contributed by atoms with Gasteiger partial charge >= 0.3 is 0 Å². The van der Waals surface area contributed by atoms with Crippen molar-refractivity contribution < 1.29 is 36.8 Å². The maximum Gasteiger partial charge on any atom is 0.266 e. The van der Waals surface area contributed by atoms with Crippen LogP contribution in [0.15, 0.2) is 43.0 Å². The number of halogens is 3. The van der Waals surface area contributed by atoms with E-state index < -0.39 is 0 Å². The maximum absolute atomic E-state index is 12.3. The second kappa shape index (κ2) is 10.6. The standard InChI is InChI=1S/C21H20Cl2N4O4.ClH/c1-12-5-18(28)16(7-14(12)22)24-20(30)9-26-3-4-27(11-26)10-21(31)25-17-8-15(23)13(2)6-19(17)29;/h3-8,11H,9-10H2,1-2H3,(H3-,24,25,28,29,30,31);1H. The zero-order chi connectivity index (χ0) is 22.7. The molecule has 1 aromatic heterocycles. The number of hydrogen-bond donors (Lipinski definition) is 4. The highest BCUT2D eigenvalue weighted by molar-refractivity contribution is 6.32. The minimum Gasteiger partial charge on any atom is -1.00 e. The van der Waals surface area contributed by atoms with Gasteiger partial charge in [0.1, 0.15) is 23.9 Å². The number of imidazole rings is 1. The summed E-state index contributed by atoms with van der Waals surface area (Å²) in [5, 5.41) is 26.0. The minimum atomic E-state index is -0.373. The number of aromatic nitrogens is 2. The van der Waals surface area contributed by atoms with Gasteiger partial charge in [0.05, 0.1) is 11.4 Å². The molecule has 0 unspecified atom stereocenters. The van der Waals surface area contributed by atoms with Gasteiger partial charge in [-0.25, -0.2) is 9.13 Å². The fourth-order valence-corrected chi connectivity index (χ4v) is 3.20. The first-order chi connectivity index (χ1) is 14.6. The molecule has 0 saturated heterocycles. The number of nitrogens with zero attached hydrogens (tertiary/aromatic N) is 2. The number of phenols is 2. The molecule has 3 aromatic rings. The number of nitrogens with one attached hydrogen (secondary N) is 2. The fraction of sp³-hybridized carbons (Fsp3) is 0.190. The van der Waals surface area contributed by atoms with Gasteiger partial charge in [-0.2, -0.15) is 0 Å². The lowest BCUT2D eigenvalue weighted by molar-refractivity contribution is -0.683. The zero-order valence-corrected chi connectivity index (χ0v) is 19.5. The SMILES string of the molecule is Cc1cc(O)c(NC(=O)Cn2cc[n+](CC(=O)Nc3cc(Cl)c(C)cc3O)c2)cc1Cl.[Cl-]. The highest BCUT2D eigenvalue weighted by Crippen LogP contribution is 2.30. The first kappa shape index (κ1) is 25.3. The van der Waals surface area contributed by atoms with E-state index in [-0.39, 0.29) is 60.2 Å². The second-order valence-corrected chi connectivity index (χ2v) is 7.91. The molecule has 0 bridgehead atoms. The number of carbonyl (C=O) groups is 2. The Kier molecular flexibility index (Phi) is 8.38. The molecule has 1 heterocycles. The van der Waals surface area contributed by atoms with Crippen molar-refractivity contribution in [3.8, 4) is 11.5 Å². The van der Waals surface area contributed by atoms with Crippen LogP contribution in [0.25, 0.3) is 0 Å². The average Bonchev–Trinajstić information content (AvgIpc) is 3.10. The molecule has 8 nitrogen and oxygen atoms in total. The molecule has 2 aromatic carbocycles. The Hall–Kier alpha value is -2.94. The van der Waals surface area contributed by atoms with Crippen LogP contribution in [0.1, 0.15) is 11.1 Å².